The normalized spacial score (nSPS) is 16.7. The van der Waals surface area contributed by atoms with E-state index in [1.54, 1.807) is 7.11 Å². The molecule has 0 radical (unpaired) electrons. The van der Waals surface area contributed by atoms with Gasteiger partial charge < -0.3 is 4.74 Å². The third-order valence-corrected chi connectivity index (χ3v) is 2.11. The average Bonchev–Trinajstić information content (AvgIpc) is 2.01. The quantitative estimate of drug-likeness (QED) is 0.388. The zero-order chi connectivity index (χ0) is 10.5. The molecule has 0 amide bonds. The summed E-state index contributed by atoms with van der Waals surface area (Å²) in [4.78, 5) is 0. The van der Waals surface area contributed by atoms with Crippen molar-refractivity contribution in [1.82, 2.24) is 5.43 Å². The van der Waals surface area contributed by atoms with E-state index >= 15 is 0 Å². The Morgan fingerprint density at radius 2 is 2.08 bits per heavy atom. The van der Waals surface area contributed by atoms with Crippen molar-refractivity contribution in [3.63, 3.8) is 0 Å². The summed E-state index contributed by atoms with van der Waals surface area (Å²) in [5.74, 6) is 5.45. The van der Waals surface area contributed by atoms with Crippen molar-refractivity contribution in [2.75, 3.05) is 7.11 Å². The molecule has 0 heterocycles. The van der Waals surface area contributed by atoms with Gasteiger partial charge in [-0.15, -0.1) is 6.58 Å². The number of rotatable bonds is 5. The van der Waals surface area contributed by atoms with Crippen LogP contribution in [-0.4, -0.2) is 19.3 Å². The first-order valence-electron chi connectivity index (χ1n) is 4.57. The zero-order valence-electron chi connectivity index (χ0n) is 9.13. The van der Waals surface area contributed by atoms with E-state index in [-0.39, 0.29) is 17.6 Å². The first-order valence-corrected chi connectivity index (χ1v) is 4.57. The van der Waals surface area contributed by atoms with E-state index in [9.17, 15) is 0 Å². The van der Waals surface area contributed by atoms with E-state index in [0.717, 1.165) is 6.42 Å². The summed E-state index contributed by atoms with van der Waals surface area (Å²) in [6, 6.07) is 0.127. The standard InChI is InChI=1S/C10H22N2O/c1-6-7-8(12-11)9(13-5)10(2,3)4/h6,8-9,12H,1,7,11H2,2-5H3. The lowest BCUT2D eigenvalue weighted by Gasteiger charge is -2.35. The van der Waals surface area contributed by atoms with Crippen LogP contribution < -0.4 is 11.3 Å². The molecule has 0 aliphatic carbocycles. The van der Waals surface area contributed by atoms with Gasteiger partial charge in [-0.1, -0.05) is 26.8 Å². The van der Waals surface area contributed by atoms with E-state index in [2.05, 4.69) is 32.8 Å². The fourth-order valence-electron chi connectivity index (χ4n) is 1.58. The molecule has 0 aromatic rings. The highest BCUT2D eigenvalue weighted by Crippen LogP contribution is 2.25. The second-order valence-electron chi connectivity index (χ2n) is 4.32. The fraction of sp³-hybridized carbons (Fsp3) is 0.800. The van der Waals surface area contributed by atoms with Crippen LogP contribution in [0.3, 0.4) is 0 Å². The molecule has 78 valence electrons. The molecule has 2 unspecified atom stereocenters. The maximum Gasteiger partial charge on any atom is 0.0788 e. The second kappa shape index (κ2) is 5.37. The number of ether oxygens (including phenoxy) is 1. The summed E-state index contributed by atoms with van der Waals surface area (Å²) in [6.45, 7) is 10.1. The minimum atomic E-state index is 0.0782. The van der Waals surface area contributed by atoms with Crippen molar-refractivity contribution in [3.8, 4) is 0 Å². The molecule has 0 aromatic carbocycles. The van der Waals surface area contributed by atoms with Crippen molar-refractivity contribution in [2.45, 2.75) is 39.3 Å². The van der Waals surface area contributed by atoms with E-state index < -0.39 is 0 Å². The number of nitrogens with one attached hydrogen (secondary N) is 1. The number of methoxy groups -OCH3 is 1. The Hall–Kier alpha value is -0.380. The molecule has 3 nitrogen and oxygen atoms in total. The Balaban J connectivity index is 4.42. The number of hydrogen-bond acceptors (Lipinski definition) is 3. The average molecular weight is 186 g/mol. The van der Waals surface area contributed by atoms with Crippen LogP contribution in [0.5, 0.6) is 0 Å². The number of nitrogens with two attached hydrogens (primary N) is 1. The van der Waals surface area contributed by atoms with Crippen LogP contribution in [0.1, 0.15) is 27.2 Å². The summed E-state index contributed by atoms with van der Waals surface area (Å²) in [6.07, 6.45) is 2.75. The Kier molecular flexibility index (Phi) is 5.21. The predicted octanol–water partition coefficient (Wildman–Crippen LogP) is 1.46. The Labute approximate surface area is 81.3 Å². The van der Waals surface area contributed by atoms with Gasteiger partial charge in [-0.3, -0.25) is 11.3 Å². The molecule has 0 aliphatic heterocycles. The number of hydrazine groups is 1. The lowest BCUT2D eigenvalue weighted by Crippen LogP contribution is -2.50. The third-order valence-electron chi connectivity index (χ3n) is 2.11. The van der Waals surface area contributed by atoms with Gasteiger partial charge in [-0.05, 0) is 11.8 Å². The van der Waals surface area contributed by atoms with Gasteiger partial charge in [0.2, 0.25) is 0 Å². The summed E-state index contributed by atoms with van der Waals surface area (Å²) in [7, 11) is 1.71. The maximum atomic E-state index is 5.45. The minimum absolute atomic E-state index is 0.0782. The van der Waals surface area contributed by atoms with Gasteiger partial charge in [0.15, 0.2) is 0 Å². The first kappa shape index (κ1) is 12.6. The molecule has 0 aromatic heterocycles. The maximum absolute atomic E-state index is 5.45. The molecule has 13 heavy (non-hydrogen) atoms. The molecule has 0 rings (SSSR count). The van der Waals surface area contributed by atoms with Crippen molar-refractivity contribution in [1.29, 1.82) is 0 Å². The zero-order valence-corrected chi connectivity index (χ0v) is 9.13. The van der Waals surface area contributed by atoms with Gasteiger partial charge in [0.05, 0.1) is 12.1 Å². The second-order valence-corrected chi connectivity index (χ2v) is 4.32. The summed E-state index contributed by atoms with van der Waals surface area (Å²) in [5.41, 5.74) is 2.84. The number of hydrogen-bond donors (Lipinski definition) is 2. The molecule has 0 spiro atoms. The molecule has 0 bridgehead atoms. The highest BCUT2D eigenvalue weighted by molar-refractivity contribution is 4.89. The molecule has 0 saturated heterocycles. The monoisotopic (exact) mass is 186 g/mol. The molecule has 2 atom stereocenters. The van der Waals surface area contributed by atoms with Gasteiger partial charge in [0, 0.05) is 7.11 Å². The van der Waals surface area contributed by atoms with E-state index in [1.165, 1.54) is 0 Å². The summed E-state index contributed by atoms with van der Waals surface area (Å²) >= 11 is 0. The fourth-order valence-corrected chi connectivity index (χ4v) is 1.58. The lowest BCUT2D eigenvalue weighted by atomic mass is 9.83. The molecule has 3 heteroatoms. The molecule has 0 aliphatic rings. The van der Waals surface area contributed by atoms with E-state index in [1.807, 2.05) is 6.08 Å². The van der Waals surface area contributed by atoms with Gasteiger partial charge >= 0.3 is 0 Å². The van der Waals surface area contributed by atoms with E-state index in [4.69, 9.17) is 10.6 Å². The highest BCUT2D eigenvalue weighted by atomic mass is 16.5. The van der Waals surface area contributed by atoms with Crippen LogP contribution in [0.4, 0.5) is 0 Å². The van der Waals surface area contributed by atoms with Gasteiger partial charge in [-0.25, -0.2) is 0 Å². The third kappa shape index (κ3) is 3.89. The van der Waals surface area contributed by atoms with Crippen LogP contribution in [0.25, 0.3) is 0 Å². The molecular weight excluding hydrogens is 164 g/mol. The first-order chi connectivity index (χ1) is 5.97. The predicted molar refractivity (Wildman–Crippen MR) is 56.2 cm³/mol. The Morgan fingerprint density at radius 3 is 2.31 bits per heavy atom. The molecule has 0 saturated carbocycles. The largest absolute Gasteiger partial charge is 0.379 e. The van der Waals surface area contributed by atoms with Crippen LogP contribution in [0.2, 0.25) is 0 Å². The topological polar surface area (TPSA) is 47.3 Å². The van der Waals surface area contributed by atoms with E-state index in [0.29, 0.717) is 0 Å². The summed E-state index contributed by atoms with van der Waals surface area (Å²) < 4.78 is 5.43. The Bertz CT molecular complexity index is 151. The van der Waals surface area contributed by atoms with Crippen LogP contribution in [0.15, 0.2) is 12.7 Å². The SMILES string of the molecule is C=CCC(NN)C(OC)C(C)(C)C. The van der Waals surface area contributed by atoms with Crippen LogP contribution in [0, 0.1) is 5.41 Å². The molecular formula is C10H22N2O. The van der Waals surface area contributed by atoms with Crippen LogP contribution in [-0.2, 0) is 4.74 Å². The van der Waals surface area contributed by atoms with Crippen molar-refractivity contribution < 1.29 is 4.74 Å². The lowest BCUT2D eigenvalue weighted by molar-refractivity contribution is -0.0104. The van der Waals surface area contributed by atoms with Gasteiger partial charge in [0.25, 0.3) is 0 Å². The molecule has 3 N–H and O–H groups in total. The minimum Gasteiger partial charge on any atom is -0.379 e. The highest BCUT2D eigenvalue weighted by Gasteiger charge is 2.30. The molecule has 0 fully saturated rings. The van der Waals surface area contributed by atoms with Gasteiger partial charge in [0.1, 0.15) is 0 Å². The summed E-state index contributed by atoms with van der Waals surface area (Å²) in [5, 5.41) is 0. The van der Waals surface area contributed by atoms with Crippen molar-refractivity contribution in [2.24, 2.45) is 11.3 Å². The smallest absolute Gasteiger partial charge is 0.0788 e. The van der Waals surface area contributed by atoms with Crippen molar-refractivity contribution >= 4 is 0 Å². The Morgan fingerprint density at radius 1 is 1.54 bits per heavy atom. The van der Waals surface area contributed by atoms with Gasteiger partial charge in [-0.2, -0.15) is 0 Å². The van der Waals surface area contributed by atoms with Crippen LogP contribution >= 0.6 is 0 Å². The van der Waals surface area contributed by atoms with Crippen molar-refractivity contribution in [3.05, 3.63) is 12.7 Å².